The zero-order valence-electron chi connectivity index (χ0n) is 21.3. The lowest BCUT2D eigenvalue weighted by molar-refractivity contribution is 0.197. The summed E-state index contributed by atoms with van der Waals surface area (Å²) in [5, 5.41) is 13.1. The number of fused-ring (bicyclic) bond motifs is 2. The molecule has 0 aliphatic carbocycles. The third-order valence-corrected chi connectivity index (χ3v) is 7.08. The lowest BCUT2D eigenvalue weighted by Crippen LogP contribution is -2.43. The average molecular weight is 500 g/mol. The van der Waals surface area contributed by atoms with E-state index in [0.717, 1.165) is 84.0 Å². The summed E-state index contributed by atoms with van der Waals surface area (Å²) in [5.41, 5.74) is 5.78. The first-order valence-corrected chi connectivity index (χ1v) is 12.9. The van der Waals surface area contributed by atoms with Crippen LogP contribution in [0.3, 0.4) is 0 Å². The lowest BCUT2D eigenvalue weighted by Gasteiger charge is -2.27. The summed E-state index contributed by atoms with van der Waals surface area (Å²) in [6, 6.07) is 12.5. The molecule has 0 radical (unpaired) electrons. The summed E-state index contributed by atoms with van der Waals surface area (Å²) < 4.78 is 14.7. The zero-order valence-corrected chi connectivity index (χ0v) is 21.3. The van der Waals surface area contributed by atoms with Crippen molar-refractivity contribution in [2.24, 2.45) is 5.92 Å². The smallest absolute Gasteiger partial charge is 0.126 e. The van der Waals surface area contributed by atoms with Crippen LogP contribution < -0.4 is 10.6 Å². The summed E-state index contributed by atoms with van der Waals surface area (Å²) >= 11 is 0. The molecule has 2 aliphatic rings. The van der Waals surface area contributed by atoms with Crippen LogP contribution in [0.2, 0.25) is 0 Å². The van der Waals surface area contributed by atoms with Gasteiger partial charge in [-0.3, -0.25) is 14.6 Å². The molecule has 1 aromatic carbocycles. The van der Waals surface area contributed by atoms with Crippen molar-refractivity contribution in [1.29, 1.82) is 0 Å². The van der Waals surface area contributed by atoms with E-state index in [-0.39, 0.29) is 6.67 Å². The van der Waals surface area contributed by atoms with Crippen LogP contribution in [0.25, 0.3) is 28.0 Å². The van der Waals surface area contributed by atoms with Crippen molar-refractivity contribution in [2.45, 2.75) is 19.5 Å². The fraction of sp³-hybridized carbons (Fsp3) is 0.345. The second-order valence-corrected chi connectivity index (χ2v) is 9.59. The Morgan fingerprint density at radius 1 is 1.11 bits per heavy atom. The van der Waals surface area contributed by atoms with Crippen LogP contribution in [-0.2, 0) is 19.5 Å². The van der Waals surface area contributed by atoms with E-state index in [1.807, 2.05) is 48.5 Å². The van der Waals surface area contributed by atoms with Gasteiger partial charge in [-0.05, 0) is 66.2 Å². The van der Waals surface area contributed by atoms with Crippen LogP contribution in [0, 0.1) is 5.92 Å². The van der Waals surface area contributed by atoms with Gasteiger partial charge in [-0.25, -0.2) is 9.37 Å². The van der Waals surface area contributed by atoms with Crippen LogP contribution in [0.1, 0.15) is 17.0 Å². The van der Waals surface area contributed by atoms with Gasteiger partial charge in [-0.1, -0.05) is 24.8 Å². The lowest BCUT2D eigenvalue weighted by atomic mass is 9.97. The molecule has 0 unspecified atom stereocenters. The average Bonchev–Trinajstić information content (AvgIpc) is 3.34. The van der Waals surface area contributed by atoms with E-state index in [1.54, 1.807) is 0 Å². The van der Waals surface area contributed by atoms with Gasteiger partial charge in [0.05, 0.1) is 18.4 Å². The van der Waals surface area contributed by atoms with Gasteiger partial charge in [-0.2, -0.15) is 5.10 Å². The number of aromatic nitrogens is 4. The summed E-state index contributed by atoms with van der Waals surface area (Å²) in [4.78, 5) is 10.8. The number of pyridine rings is 2. The molecule has 1 fully saturated rings. The monoisotopic (exact) mass is 499 g/mol. The topological polar surface area (TPSA) is 70.9 Å². The summed E-state index contributed by atoms with van der Waals surface area (Å²) in [6.45, 7) is 8.62. The van der Waals surface area contributed by atoms with Crippen LogP contribution >= 0.6 is 0 Å². The van der Waals surface area contributed by atoms with Gasteiger partial charge >= 0.3 is 0 Å². The number of hydrogen-bond acceptors (Lipinski definition) is 6. The third kappa shape index (κ3) is 5.87. The molecular weight excluding hydrogens is 465 g/mol. The van der Waals surface area contributed by atoms with E-state index < -0.39 is 0 Å². The molecular formula is C29H34FN7. The number of nitrogens with zero attached hydrogens (tertiary/aromatic N) is 5. The number of anilines is 1. The van der Waals surface area contributed by atoms with Crippen molar-refractivity contribution < 1.29 is 4.39 Å². The van der Waals surface area contributed by atoms with Gasteiger partial charge in [0.15, 0.2) is 0 Å². The van der Waals surface area contributed by atoms with Gasteiger partial charge in [0.25, 0.3) is 0 Å². The maximum absolute atomic E-state index is 12.7. The Balaban J connectivity index is 0.000000182. The van der Waals surface area contributed by atoms with Gasteiger partial charge < -0.3 is 10.6 Å². The predicted molar refractivity (Wildman–Crippen MR) is 148 cm³/mol. The molecule has 0 bridgehead atoms. The molecule has 2 N–H and O–H groups in total. The molecule has 4 aromatic rings. The Hall–Kier alpha value is -3.62. The fourth-order valence-electron chi connectivity index (χ4n) is 4.82. The SMILES string of the molecule is C=Cc1ccnc(CC2CNC2)c1.CNc1cc2cc(-c3cnn4c3CN(CCF)CC4)ccc2cn1. The van der Waals surface area contributed by atoms with Crippen molar-refractivity contribution in [3.05, 3.63) is 78.5 Å². The Morgan fingerprint density at radius 2 is 2.00 bits per heavy atom. The van der Waals surface area contributed by atoms with Gasteiger partial charge in [0.1, 0.15) is 12.5 Å². The van der Waals surface area contributed by atoms with Gasteiger partial charge in [0, 0.05) is 55.7 Å². The standard InChI is InChI=1S/C18H20FN5.C11H14N2/c1-20-18-9-15-8-13(2-3-14(15)10-21-18)16-11-22-24-7-6-23(5-4-19)12-17(16)24;1-2-9-3-4-13-11(5-9)6-10-7-12-8-10/h2-3,8-11H,4-7,12H2,1H3,(H,20,21);2-5,10,12H,1,6-8H2. The minimum absolute atomic E-state index is 0.306. The van der Waals surface area contributed by atoms with Crippen LogP contribution in [-0.4, -0.2) is 64.5 Å². The molecule has 37 heavy (non-hydrogen) atoms. The van der Waals surface area contributed by atoms with E-state index >= 15 is 0 Å². The summed E-state index contributed by atoms with van der Waals surface area (Å²) in [6.07, 6.45) is 8.62. The first-order valence-electron chi connectivity index (χ1n) is 12.9. The largest absolute Gasteiger partial charge is 0.373 e. The molecule has 6 rings (SSSR count). The van der Waals surface area contributed by atoms with E-state index in [0.29, 0.717) is 6.54 Å². The molecule has 7 nitrogen and oxygen atoms in total. The number of rotatable bonds is 7. The Bertz CT molecular complexity index is 1360. The number of nitrogens with one attached hydrogen (secondary N) is 2. The van der Waals surface area contributed by atoms with Crippen molar-refractivity contribution in [3.63, 3.8) is 0 Å². The highest BCUT2D eigenvalue weighted by Crippen LogP contribution is 2.30. The summed E-state index contributed by atoms with van der Waals surface area (Å²) in [7, 11) is 1.87. The first kappa shape index (κ1) is 25.0. The molecule has 0 atom stereocenters. The number of halogens is 1. The zero-order chi connectivity index (χ0) is 25.6. The molecule has 8 heteroatoms. The van der Waals surface area contributed by atoms with Crippen LogP contribution in [0.5, 0.6) is 0 Å². The minimum atomic E-state index is -0.306. The second-order valence-electron chi connectivity index (χ2n) is 9.59. The normalized spacial score (nSPS) is 15.4. The molecule has 5 heterocycles. The highest BCUT2D eigenvalue weighted by Gasteiger charge is 2.21. The first-order chi connectivity index (χ1) is 18.2. The second kappa shape index (κ2) is 11.6. The van der Waals surface area contributed by atoms with Crippen LogP contribution in [0.15, 0.2) is 61.6 Å². The maximum Gasteiger partial charge on any atom is 0.126 e. The highest BCUT2D eigenvalue weighted by molar-refractivity contribution is 5.88. The molecule has 3 aromatic heterocycles. The number of alkyl halides is 1. The molecule has 2 aliphatic heterocycles. The fourth-order valence-corrected chi connectivity index (χ4v) is 4.82. The van der Waals surface area contributed by atoms with Gasteiger partial charge in [0.2, 0.25) is 0 Å². The third-order valence-electron chi connectivity index (χ3n) is 7.08. The highest BCUT2D eigenvalue weighted by atomic mass is 19.1. The van der Waals surface area contributed by atoms with Crippen molar-refractivity contribution >= 4 is 22.7 Å². The van der Waals surface area contributed by atoms with E-state index in [1.165, 1.54) is 5.69 Å². The van der Waals surface area contributed by atoms with E-state index in [2.05, 4.69) is 61.4 Å². The van der Waals surface area contributed by atoms with Crippen molar-refractivity contribution in [1.82, 2.24) is 30.0 Å². The van der Waals surface area contributed by atoms with Gasteiger partial charge in [-0.15, -0.1) is 0 Å². The van der Waals surface area contributed by atoms with E-state index in [9.17, 15) is 4.39 Å². The predicted octanol–water partition coefficient (Wildman–Crippen LogP) is 4.41. The Kier molecular flexibility index (Phi) is 7.87. The molecule has 1 saturated heterocycles. The molecule has 0 spiro atoms. The Morgan fingerprint density at radius 3 is 2.76 bits per heavy atom. The molecule has 0 saturated carbocycles. The van der Waals surface area contributed by atoms with Crippen molar-refractivity contribution in [3.8, 4) is 11.1 Å². The van der Waals surface area contributed by atoms with E-state index in [4.69, 9.17) is 0 Å². The Labute approximate surface area is 217 Å². The number of benzene rings is 1. The number of hydrogen-bond donors (Lipinski definition) is 2. The van der Waals surface area contributed by atoms with Crippen LogP contribution in [0.4, 0.5) is 10.2 Å². The van der Waals surface area contributed by atoms with Crippen molar-refractivity contribution in [2.75, 3.05) is 45.2 Å². The molecule has 192 valence electrons. The molecule has 0 amide bonds. The quantitative estimate of drug-likeness (QED) is 0.393. The minimum Gasteiger partial charge on any atom is -0.373 e. The maximum atomic E-state index is 12.7. The summed E-state index contributed by atoms with van der Waals surface area (Å²) in [5.74, 6) is 1.64.